The van der Waals surface area contributed by atoms with Crippen molar-refractivity contribution in [2.24, 2.45) is 0 Å². The summed E-state index contributed by atoms with van der Waals surface area (Å²) in [6.45, 7) is 6.40. The van der Waals surface area contributed by atoms with Gasteiger partial charge in [0, 0.05) is 5.02 Å². The molecule has 3 nitrogen and oxygen atoms in total. The van der Waals surface area contributed by atoms with E-state index in [0.29, 0.717) is 10.7 Å². The first-order valence-electron chi connectivity index (χ1n) is 7.13. The average Bonchev–Trinajstić information content (AvgIpc) is 2.47. The van der Waals surface area contributed by atoms with Crippen LogP contribution in [0.2, 0.25) is 5.02 Å². The Bertz CT molecular complexity index is 752. The molecule has 0 radical (unpaired) electrons. The van der Waals surface area contributed by atoms with Gasteiger partial charge in [0.2, 0.25) is 0 Å². The van der Waals surface area contributed by atoms with E-state index in [2.05, 4.69) is 25.5 Å². The fourth-order valence-electron chi connectivity index (χ4n) is 2.06. The summed E-state index contributed by atoms with van der Waals surface area (Å²) in [6.07, 6.45) is 0.986. The van der Waals surface area contributed by atoms with Gasteiger partial charge in [0.15, 0.2) is 0 Å². The predicted molar refractivity (Wildman–Crippen MR) is 92.0 cm³/mol. The minimum absolute atomic E-state index is 0.0304. The van der Waals surface area contributed by atoms with Gasteiger partial charge >= 0.3 is 0 Å². The number of hydrogen-bond acceptors (Lipinski definition) is 2. The summed E-state index contributed by atoms with van der Waals surface area (Å²) < 4.78 is 27.3. The van der Waals surface area contributed by atoms with Crippen LogP contribution in [-0.4, -0.2) is 8.42 Å². The van der Waals surface area contributed by atoms with Crippen molar-refractivity contribution in [2.45, 2.75) is 37.5 Å². The molecule has 0 fully saturated rings. The molecule has 0 unspecified atom stereocenters. The van der Waals surface area contributed by atoms with Gasteiger partial charge in [-0.3, -0.25) is 4.72 Å². The van der Waals surface area contributed by atoms with Crippen molar-refractivity contribution < 1.29 is 8.42 Å². The molecule has 0 atom stereocenters. The smallest absolute Gasteiger partial charge is 0.261 e. The normalized spacial score (nSPS) is 12.2. The summed E-state index contributed by atoms with van der Waals surface area (Å²) in [5.41, 5.74) is 1.60. The molecule has 2 aromatic carbocycles. The maximum absolute atomic E-state index is 12.4. The Morgan fingerprint density at radius 2 is 1.73 bits per heavy atom. The van der Waals surface area contributed by atoms with Gasteiger partial charge in [-0.1, -0.05) is 50.6 Å². The minimum atomic E-state index is -3.61. The number of benzene rings is 2. The fourth-order valence-corrected chi connectivity index (χ4v) is 3.30. The molecule has 0 spiro atoms. The molecule has 118 valence electrons. The first kappa shape index (κ1) is 16.8. The Kier molecular flexibility index (Phi) is 4.83. The molecule has 0 aliphatic carbocycles. The van der Waals surface area contributed by atoms with Gasteiger partial charge < -0.3 is 0 Å². The second-order valence-corrected chi connectivity index (χ2v) is 8.00. The molecule has 0 bridgehead atoms. The average molecular weight is 338 g/mol. The van der Waals surface area contributed by atoms with Crippen LogP contribution in [0, 0.1) is 0 Å². The zero-order valence-electron chi connectivity index (χ0n) is 12.9. The molecule has 0 heterocycles. The highest BCUT2D eigenvalue weighted by atomic mass is 35.5. The number of hydrogen-bond donors (Lipinski definition) is 1. The molecule has 0 saturated heterocycles. The van der Waals surface area contributed by atoms with Gasteiger partial charge in [0.25, 0.3) is 10.0 Å². The molecule has 1 N–H and O–H groups in total. The van der Waals surface area contributed by atoms with E-state index < -0.39 is 10.0 Å². The van der Waals surface area contributed by atoms with Gasteiger partial charge in [-0.25, -0.2) is 8.42 Å². The summed E-state index contributed by atoms with van der Waals surface area (Å²) >= 11 is 5.87. The van der Waals surface area contributed by atoms with Crippen molar-refractivity contribution in [3.8, 4) is 0 Å². The third-order valence-electron chi connectivity index (χ3n) is 3.91. The first-order valence-corrected chi connectivity index (χ1v) is 9.00. The summed E-state index contributed by atoms with van der Waals surface area (Å²) in [7, 11) is -3.61. The van der Waals surface area contributed by atoms with Crippen molar-refractivity contribution >= 4 is 27.3 Å². The van der Waals surface area contributed by atoms with E-state index >= 15 is 0 Å². The monoisotopic (exact) mass is 337 g/mol. The summed E-state index contributed by atoms with van der Waals surface area (Å²) in [5.74, 6) is 0. The van der Waals surface area contributed by atoms with E-state index in [1.807, 2.05) is 12.1 Å². The maximum Gasteiger partial charge on any atom is 0.261 e. The quantitative estimate of drug-likeness (QED) is 0.849. The third-order valence-corrected chi connectivity index (χ3v) is 5.54. The van der Waals surface area contributed by atoms with Gasteiger partial charge in [-0.15, -0.1) is 0 Å². The number of rotatable bonds is 5. The number of nitrogens with one attached hydrogen (secondary N) is 1. The van der Waals surface area contributed by atoms with Crippen LogP contribution >= 0.6 is 11.6 Å². The summed E-state index contributed by atoms with van der Waals surface area (Å²) in [5, 5.41) is 0.486. The Morgan fingerprint density at radius 3 is 2.27 bits per heavy atom. The van der Waals surface area contributed by atoms with Crippen LogP contribution < -0.4 is 4.72 Å². The van der Waals surface area contributed by atoms with E-state index in [1.54, 1.807) is 36.4 Å². The van der Waals surface area contributed by atoms with Crippen molar-refractivity contribution in [1.82, 2.24) is 0 Å². The van der Waals surface area contributed by atoms with Crippen molar-refractivity contribution in [3.63, 3.8) is 0 Å². The maximum atomic E-state index is 12.4. The molecule has 0 saturated carbocycles. The topological polar surface area (TPSA) is 46.2 Å². The molecule has 0 aliphatic rings. The highest BCUT2D eigenvalue weighted by Gasteiger charge is 2.20. The Balaban J connectivity index is 2.27. The fraction of sp³-hybridized carbons (Fsp3) is 0.294. The van der Waals surface area contributed by atoms with E-state index in [1.165, 1.54) is 0 Å². The highest BCUT2D eigenvalue weighted by molar-refractivity contribution is 7.92. The standard InChI is InChI=1S/C17H20ClNO2S/c1-4-17(2,3)13-8-10-16(11-9-13)22(20,21)19-15-7-5-6-14(18)12-15/h5-12,19H,4H2,1-3H3. The molecule has 2 aromatic rings. The zero-order valence-corrected chi connectivity index (χ0v) is 14.5. The van der Waals surface area contributed by atoms with E-state index in [4.69, 9.17) is 11.6 Å². The Hall–Kier alpha value is -1.52. The van der Waals surface area contributed by atoms with E-state index in [9.17, 15) is 8.42 Å². The van der Waals surface area contributed by atoms with Crippen LogP contribution in [0.5, 0.6) is 0 Å². The number of sulfonamides is 1. The van der Waals surface area contributed by atoms with Gasteiger partial charge in [0.05, 0.1) is 10.6 Å². The van der Waals surface area contributed by atoms with E-state index in [0.717, 1.165) is 12.0 Å². The first-order chi connectivity index (χ1) is 10.2. The second-order valence-electron chi connectivity index (χ2n) is 5.88. The van der Waals surface area contributed by atoms with Crippen LogP contribution in [0.15, 0.2) is 53.4 Å². The zero-order chi connectivity index (χ0) is 16.4. The summed E-state index contributed by atoms with van der Waals surface area (Å²) in [6, 6.07) is 13.7. The van der Waals surface area contributed by atoms with Crippen molar-refractivity contribution in [3.05, 3.63) is 59.1 Å². The van der Waals surface area contributed by atoms with Gasteiger partial charge in [0.1, 0.15) is 0 Å². The molecule has 0 amide bonds. The molecule has 2 rings (SSSR count). The second kappa shape index (κ2) is 6.31. The lowest BCUT2D eigenvalue weighted by Gasteiger charge is -2.23. The molecule has 22 heavy (non-hydrogen) atoms. The van der Waals surface area contributed by atoms with Crippen molar-refractivity contribution in [1.29, 1.82) is 0 Å². The molecule has 0 aromatic heterocycles. The summed E-state index contributed by atoms with van der Waals surface area (Å²) in [4.78, 5) is 0.239. The van der Waals surface area contributed by atoms with Crippen molar-refractivity contribution in [2.75, 3.05) is 4.72 Å². The van der Waals surface area contributed by atoms with E-state index in [-0.39, 0.29) is 10.3 Å². The number of halogens is 1. The lowest BCUT2D eigenvalue weighted by atomic mass is 9.82. The molecule has 5 heteroatoms. The van der Waals surface area contributed by atoms with Crippen LogP contribution in [0.3, 0.4) is 0 Å². The molecular formula is C17H20ClNO2S. The van der Waals surface area contributed by atoms with Crippen LogP contribution in [0.4, 0.5) is 5.69 Å². The highest BCUT2D eigenvalue weighted by Crippen LogP contribution is 2.28. The minimum Gasteiger partial charge on any atom is -0.280 e. The third kappa shape index (κ3) is 3.81. The Morgan fingerprint density at radius 1 is 1.09 bits per heavy atom. The van der Waals surface area contributed by atoms with Gasteiger partial charge in [-0.05, 0) is 47.7 Å². The SMILES string of the molecule is CCC(C)(C)c1ccc(S(=O)(=O)Nc2cccc(Cl)c2)cc1. The Labute approximate surface area is 137 Å². The molecule has 0 aliphatic heterocycles. The van der Waals surface area contributed by atoms with Gasteiger partial charge in [-0.2, -0.15) is 0 Å². The van der Waals surface area contributed by atoms with Crippen LogP contribution in [-0.2, 0) is 15.4 Å². The molecular weight excluding hydrogens is 318 g/mol. The van der Waals surface area contributed by atoms with Crippen LogP contribution in [0.25, 0.3) is 0 Å². The number of anilines is 1. The predicted octanol–water partition coefficient (Wildman–Crippen LogP) is 4.83. The lowest BCUT2D eigenvalue weighted by Crippen LogP contribution is -2.16. The largest absolute Gasteiger partial charge is 0.280 e. The van der Waals surface area contributed by atoms with Crippen LogP contribution in [0.1, 0.15) is 32.8 Å². The lowest BCUT2D eigenvalue weighted by molar-refractivity contribution is 0.506.